The number of aromatic nitrogens is 2. The van der Waals surface area contributed by atoms with E-state index < -0.39 is 0 Å². The van der Waals surface area contributed by atoms with Gasteiger partial charge in [0.15, 0.2) is 0 Å². The lowest BCUT2D eigenvalue weighted by Crippen LogP contribution is -2.31. The molecule has 0 fully saturated rings. The zero-order chi connectivity index (χ0) is 16.4. The van der Waals surface area contributed by atoms with Gasteiger partial charge in [-0.1, -0.05) is 47.5 Å². The van der Waals surface area contributed by atoms with Crippen LogP contribution in [-0.2, 0) is 5.41 Å². The number of hydrogen-bond acceptors (Lipinski definition) is 4. The molecule has 1 aromatic rings. The molecule has 0 unspecified atom stereocenters. The second kappa shape index (κ2) is 9.78. The minimum Gasteiger partial charge on any atom is -0.353 e. The molecule has 0 atom stereocenters. The molecule has 1 N–H and O–H groups in total. The van der Waals surface area contributed by atoms with Gasteiger partial charge in [0, 0.05) is 24.7 Å². The van der Waals surface area contributed by atoms with Gasteiger partial charge >= 0.3 is 0 Å². The summed E-state index contributed by atoms with van der Waals surface area (Å²) in [4.78, 5) is 11.5. The first-order valence-electron chi connectivity index (χ1n) is 8.77. The van der Waals surface area contributed by atoms with Crippen LogP contribution in [0.25, 0.3) is 0 Å². The van der Waals surface area contributed by atoms with E-state index in [9.17, 15) is 0 Å². The first-order valence-corrected chi connectivity index (χ1v) is 8.77. The Morgan fingerprint density at radius 3 is 2.23 bits per heavy atom. The van der Waals surface area contributed by atoms with Crippen molar-refractivity contribution in [3.8, 4) is 0 Å². The molecule has 0 amide bonds. The van der Waals surface area contributed by atoms with Gasteiger partial charge in [0.05, 0.1) is 5.69 Å². The summed E-state index contributed by atoms with van der Waals surface area (Å²) in [5.74, 6) is 0.748. The van der Waals surface area contributed by atoms with Crippen molar-refractivity contribution < 1.29 is 0 Å². The molecular formula is C18H34N4. The van der Waals surface area contributed by atoms with Gasteiger partial charge in [-0.2, -0.15) is 0 Å². The largest absolute Gasteiger partial charge is 0.353 e. The van der Waals surface area contributed by atoms with Crippen LogP contribution in [-0.4, -0.2) is 41.0 Å². The molecule has 1 rings (SSSR count). The SMILES string of the molecule is CCCCN(CCCC)CCNc1nccc(C(C)(C)C)n1. The van der Waals surface area contributed by atoms with Crippen LogP contribution >= 0.6 is 0 Å². The van der Waals surface area contributed by atoms with Crippen LogP contribution in [0.4, 0.5) is 5.95 Å². The Bertz CT molecular complexity index is 404. The quantitative estimate of drug-likeness (QED) is 0.707. The topological polar surface area (TPSA) is 41.0 Å². The molecule has 1 aromatic heterocycles. The van der Waals surface area contributed by atoms with E-state index in [2.05, 4.69) is 54.8 Å². The van der Waals surface area contributed by atoms with E-state index in [-0.39, 0.29) is 5.41 Å². The highest BCUT2D eigenvalue weighted by Crippen LogP contribution is 2.19. The fourth-order valence-electron chi connectivity index (χ4n) is 2.29. The molecule has 0 aromatic carbocycles. The summed E-state index contributed by atoms with van der Waals surface area (Å²) in [5.41, 5.74) is 1.15. The first kappa shape index (κ1) is 18.9. The lowest BCUT2D eigenvalue weighted by molar-refractivity contribution is 0.275. The van der Waals surface area contributed by atoms with E-state index in [1.807, 2.05) is 12.3 Å². The first-order chi connectivity index (χ1) is 10.5. The Morgan fingerprint density at radius 2 is 1.68 bits per heavy atom. The Balaban J connectivity index is 2.46. The molecule has 126 valence electrons. The van der Waals surface area contributed by atoms with Gasteiger partial charge in [-0.25, -0.2) is 9.97 Å². The average molecular weight is 306 g/mol. The summed E-state index contributed by atoms with van der Waals surface area (Å²) in [6, 6.07) is 2.00. The number of rotatable bonds is 10. The molecule has 4 nitrogen and oxygen atoms in total. The minimum absolute atomic E-state index is 0.0632. The molecule has 1 heterocycles. The zero-order valence-corrected chi connectivity index (χ0v) is 15.2. The van der Waals surface area contributed by atoms with E-state index >= 15 is 0 Å². The van der Waals surface area contributed by atoms with E-state index in [4.69, 9.17) is 0 Å². The molecular weight excluding hydrogens is 272 g/mol. The lowest BCUT2D eigenvalue weighted by Gasteiger charge is -2.22. The van der Waals surface area contributed by atoms with Gasteiger partial charge in [-0.15, -0.1) is 0 Å². The molecule has 0 aliphatic carbocycles. The molecule has 4 heteroatoms. The Kier molecular flexibility index (Phi) is 8.39. The fourth-order valence-corrected chi connectivity index (χ4v) is 2.29. The number of hydrogen-bond donors (Lipinski definition) is 1. The third-order valence-electron chi connectivity index (χ3n) is 3.79. The summed E-state index contributed by atoms with van der Waals surface area (Å²) in [7, 11) is 0. The molecule has 0 aliphatic heterocycles. The van der Waals surface area contributed by atoms with E-state index in [1.54, 1.807) is 0 Å². The second-order valence-corrected chi connectivity index (χ2v) is 6.99. The molecule has 0 spiro atoms. The molecule has 0 bridgehead atoms. The fraction of sp³-hybridized carbons (Fsp3) is 0.778. The number of anilines is 1. The molecule has 0 saturated carbocycles. The van der Waals surface area contributed by atoms with Crippen molar-refractivity contribution in [2.24, 2.45) is 0 Å². The molecule has 0 saturated heterocycles. The Labute approximate surface area is 136 Å². The standard InChI is InChI=1S/C18H34N4/c1-6-8-13-22(14-9-7-2)15-12-20-17-19-11-10-16(21-17)18(3,4)5/h10-11H,6-9,12-15H2,1-5H3,(H,19,20,21). The predicted molar refractivity (Wildman–Crippen MR) is 95.5 cm³/mol. The van der Waals surface area contributed by atoms with Gasteiger partial charge in [0.2, 0.25) is 5.95 Å². The highest BCUT2D eigenvalue weighted by Gasteiger charge is 2.15. The van der Waals surface area contributed by atoms with Crippen molar-refractivity contribution in [2.45, 2.75) is 65.7 Å². The van der Waals surface area contributed by atoms with Crippen molar-refractivity contribution in [2.75, 3.05) is 31.5 Å². The van der Waals surface area contributed by atoms with E-state index in [0.717, 1.165) is 24.7 Å². The summed E-state index contributed by atoms with van der Waals surface area (Å²) in [6.07, 6.45) is 6.92. The maximum absolute atomic E-state index is 4.62. The van der Waals surface area contributed by atoms with Crippen LogP contribution in [0.1, 0.15) is 66.0 Å². The second-order valence-electron chi connectivity index (χ2n) is 6.99. The molecule has 22 heavy (non-hydrogen) atoms. The maximum atomic E-state index is 4.62. The number of nitrogens with zero attached hydrogens (tertiary/aromatic N) is 3. The number of unbranched alkanes of at least 4 members (excludes halogenated alkanes) is 2. The third kappa shape index (κ3) is 7.21. The Morgan fingerprint density at radius 1 is 1.05 bits per heavy atom. The highest BCUT2D eigenvalue weighted by molar-refractivity contribution is 5.27. The van der Waals surface area contributed by atoms with Gasteiger partial charge < -0.3 is 10.2 Å². The van der Waals surface area contributed by atoms with Gasteiger partial charge in [-0.3, -0.25) is 0 Å². The predicted octanol–water partition coefficient (Wildman–Crippen LogP) is 4.09. The summed E-state index contributed by atoms with van der Waals surface area (Å²) in [6.45, 7) is 15.4. The zero-order valence-electron chi connectivity index (χ0n) is 15.2. The van der Waals surface area contributed by atoms with Crippen LogP contribution in [0, 0.1) is 0 Å². The van der Waals surface area contributed by atoms with Crippen LogP contribution in [0.2, 0.25) is 0 Å². The van der Waals surface area contributed by atoms with Crippen LogP contribution in [0.15, 0.2) is 12.3 Å². The van der Waals surface area contributed by atoms with Gasteiger partial charge in [-0.05, 0) is 32.0 Å². The van der Waals surface area contributed by atoms with Gasteiger partial charge in [0.25, 0.3) is 0 Å². The third-order valence-corrected chi connectivity index (χ3v) is 3.79. The van der Waals surface area contributed by atoms with Gasteiger partial charge in [0.1, 0.15) is 0 Å². The highest BCUT2D eigenvalue weighted by atomic mass is 15.2. The minimum atomic E-state index is 0.0632. The Hall–Kier alpha value is -1.16. The van der Waals surface area contributed by atoms with Crippen molar-refractivity contribution in [3.63, 3.8) is 0 Å². The van der Waals surface area contributed by atoms with Crippen molar-refractivity contribution >= 4 is 5.95 Å². The molecule has 0 radical (unpaired) electrons. The average Bonchev–Trinajstić information content (AvgIpc) is 2.49. The summed E-state index contributed by atoms with van der Waals surface area (Å²) >= 11 is 0. The van der Waals surface area contributed by atoms with E-state index in [0.29, 0.717) is 0 Å². The van der Waals surface area contributed by atoms with Crippen LogP contribution in [0.3, 0.4) is 0 Å². The maximum Gasteiger partial charge on any atom is 0.222 e. The van der Waals surface area contributed by atoms with Crippen molar-refractivity contribution in [1.29, 1.82) is 0 Å². The van der Waals surface area contributed by atoms with Crippen LogP contribution < -0.4 is 5.32 Å². The smallest absolute Gasteiger partial charge is 0.222 e. The summed E-state index contributed by atoms with van der Waals surface area (Å²) in [5, 5.41) is 3.38. The lowest BCUT2D eigenvalue weighted by atomic mass is 9.92. The van der Waals surface area contributed by atoms with E-state index in [1.165, 1.54) is 38.8 Å². The summed E-state index contributed by atoms with van der Waals surface area (Å²) < 4.78 is 0. The molecule has 0 aliphatic rings. The monoisotopic (exact) mass is 306 g/mol. The van der Waals surface area contributed by atoms with Crippen molar-refractivity contribution in [1.82, 2.24) is 14.9 Å². The normalized spacial score (nSPS) is 11.9. The van der Waals surface area contributed by atoms with Crippen molar-refractivity contribution in [3.05, 3.63) is 18.0 Å². The van der Waals surface area contributed by atoms with Crippen LogP contribution in [0.5, 0.6) is 0 Å². The number of nitrogens with one attached hydrogen (secondary N) is 1.